The molecule has 0 saturated carbocycles. The van der Waals surface area contributed by atoms with Gasteiger partial charge >= 0.3 is 5.97 Å². The number of nitrogens with zero attached hydrogens (tertiary/aromatic N) is 1. The molecule has 0 unspecified atom stereocenters. The number of aromatic nitrogens is 1. The van der Waals surface area contributed by atoms with E-state index >= 15 is 0 Å². The molecular formula is C17H23IN2O2. The molecule has 0 aliphatic rings. The van der Waals surface area contributed by atoms with Crippen molar-refractivity contribution in [1.82, 2.24) is 9.88 Å². The summed E-state index contributed by atoms with van der Waals surface area (Å²) < 4.78 is 6.73. The molecule has 1 heterocycles. The van der Waals surface area contributed by atoms with Crippen LogP contribution in [0.2, 0.25) is 0 Å². The van der Waals surface area contributed by atoms with Crippen LogP contribution < -0.4 is 4.74 Å². The number of esters is 1. The van der Waals surface area contributed by atoms with E-state index in [-0.39, 0.29) is 5.97 Å². The third-order valence-electron chi connectivity index (χ3n) is 3.60. The van der Waals surface area contributed by atoms with E-state index in [4.69, 9.17) is 4.74 Å². The first kappa shape index (κ1) is 17.3. The number of nitrogens with one attached hydrogen (secondary N) is 1. The Balaban J connectivity index is 2.31. The Kier molecular flexibility index (Phi) is 6.26. The van der Waals surface area contributed by atoms with Gasteiger partial charge in [0.05, 0.1) is 9.22 Å². The summed E-state index contributed by atoms with van der Waals surface area (Å²) in [5, 5.41) is 1.04. The number of hydrogen-bond donors (Lipinski definition) is 1. The van der Waals surface area contributed by atoms with Crippen molar-refractivity contribution in [2.24, 2.45) is 0 Å². The second-order valence-corrected chi connectivity index (χ2v) is 6.81. The minimum absolute atomic E-state index is 0.149. The molecule has 0 aliphatic carbocycles. The van der Waals surface area contributed by atoms with Gasteiger partial charge in [-0.05, 0) is 67.2 Å². The van der Waals surface area contributed by atoms with Crippen molar-refractivity contribution in [3.05, 3.63) is 27.5 Å². The van der Waals surface area contributed by atoms with Crippen molar-refractivity contribution in [2.75, 3.05) is 20.6 Å². The zero-order chi connectivity index (χ0) is 16.1. The molecule has 1 aromatic carbocycles. The molecule has 4 nitrogen and oxygen atoms in total. The smallest absolute Gasteiger partial charge is 0.311 e. The fourth-order valence-corrected chi connectivity index (χ4v) is 3.23. The topological polar surface area (TPSA) is 45.3 Å². The lowest BCUT2D eigenvalue weighted by Crippen LogP contribution is -2.15. The molecule has 0 fully saturated rings. The Morgan fingerprint density at radius 1 is 1.36 bits per heavy atom. The molecular weight excluding hydrogens is 391 g/mol. The van der Waals surface area contributed by atoms with E-state index in [0.29, 0.717) is 12.2 Å². The predicted molar refractivity (Wildman–Crippen MR) is 98.4 cm³/mol. The maximum Gasteiger partial charge on any atom is 0.311 e. The number of likely N-dealkylation sites (N-methyl/N-ethyl adjacent to an activating group) is 1. The summed E-state index contributed by atoms with van der Waals surface area (Å²) >= 11 is 2.32. The maximum atomic E-state index is 12.0. The summed E-state index contributed by atoms with van der Waals surface area (Å²) in [6.07, 6.45) is 3.26. The number of unbranched alkanes of at least 4 members (excludes halogenated alkanes) is 1. The molecule has 0 aliphatic heterocycles. The minimum Gasteiger partial charge on any atom is -0.426 e. The summed E-state index contributed by atoms with van der Waals surface area (Å²) in [5.41, 5.74) is 2.25. The van der Waals surface area contributed by atoms with Gasteiger partial charge in [-0.25, -0.2) is 0 Å². The van der Waals surface area contributed by atoms with Crippen molar-refractivity contribution in [1.29, 1.82) is 0 Å². The van der Waals surface area contributed by atoms with Gasteiger partial charge < -0.3 is 14.6 Å². The molecule has 22 heavy (non-hydrogen) atoms. The number of ether oxygens (including phenoxy) is 1. The van der Waals surface area contributed by atoms with Crippen LogP contribution in [0.15, 0.2) is 18.2 Å². The molecule has 1 N–H and O–H groups in total. The number of carbonyl (C=O) groups excluding carboxylic acids is 1. The van der Waals surface area contributed by atoms with E-state index in [1.165, 1.54) is 5.56 Å². The number of aromatic amines is 1. The number of fused-ring (bicyclic) bond motifs is 1. The van der Waals surface area contributed by atoms with Gasteiger partial charge in [-0.1, -0.05) is 19.4 Å². The first-order chi connectivity index (χ1) is 10.5. The summed E-state index contributed by atoms with van der Waals surface area (Å²) in [6, 6.07) is 5.84. The zero-order valence-corrected chi connectivity index (χ0v) is 15.6. The van der Waals surface area contributed by atoms with Gasteiger partial charge in [-0.3, -0.25) is 4.79 Å². The Morgan fingerprint density at radius 2 is 2.14 bits per heavy atom. The van der Waals surface area contributed by atoms with Crippen LogP contribution in [-0.4, -0.2) is 36.5 Å². The van der Waals surface area contributed by atoms with Crippen LogP contribution in [0.1, 0.15) is 31.7 Å². The Morgan fingerprint density at radius 3 is 2.82 bits per heavy atom. The second kappa shape index (κ2) is 7.97. The maximum absolute atomic E-state index is 12.0. The van der Waals surface area contributed by atoms with Gasteiger partial charge in [0.25, 0.3) is 0 Å². The van der Waals surface area contributed by atoms with Gasteiger partial charge in [-0.2, -0.15) is 0 Å². The summed E-state index contributed by atoms with van der Waals surface area (Å²) in [5.74, 6) is 0.524. The van der Waals surface area contributed by atoms with Crippen molar-refractivity contribution in [3.8, 4) is 5.75 Å². The second-order valence-electron chi connectivity index (χ2n) is 5.73. The Bertz CT molecular complexity index is 649. The number of benzene rings is 1. The van der Waals surface area contributed by atoms with E-state index in [0.717, 1.165) is 40.4 Å². The average Bonchev–Trinajstić information content (AvgIpc) is 2.79. The van der Waals surface area contributed by atoms with Gasteiger partial charge in [0.15, 0.2) is 0 Å². The molecule has 5 heteroatoms. The first-order valence-electron chi connectivity index (χ1n) is 7.67. The normalized spacial score (nSPS) is 11.3. The lowest BCUT2D eigenvalue weighted by molar-refractivity contribution is -0.134. The van der Waals surface area contributed by atoms with Gasteiger partial charge in [-0.15, -0.1) is 0 Å². The van der Waals surface area contributed by atoms with E-state index in [1.54, 1.807) is 0 Å². The molecule has 2 aromatic rings. The Hall–Kier alpha value is -1.08. The molecule has 0 atom stereocenters. The summed E-state index contributed by atoms with van der Waals surface area (Å²) in [7, 11) is 4.13. The average molecular weight is 414 g/mol. The molecule has 120 valence electrons. The highest BCUT2D eigenvalue weighted by molar-refractivity contribution is 14.1. The van der Waals surface area contributed by atoms with Crippen LogP contribution in [0.25, 0.3) is 10.9 Å². The highest BCUT2D eigenvalue weighted by Gasteiger charge is 2.16. The quantitative estimate of drug-likeness (QED) is 0.424. The van der Waals surface area contributed by atoms with Gasteiger partial charge in [0.2, 0.25) is 0 Å². The molecule has 0 spiro atoms. The van der Waals surface area contributed by atoms with Gasteiger partial charge in [0.1, 0.15) is 5.75 Å². The molecule has 0 saturated heterocycles. The van der Waals surface area contributed by atoms with Crippen molar-refractivity contribution in [3.63, 3.8) is 0 Å². The van der Waals surface area contributed by atoms with Crippen LogP contribution in [0.3, 0.4) is 0 Å². The van der Waals surface area contributed by atoms with Crippen LogP contribution >= 0.6 is 22.6 Å². The molecule has 0 radical (unpaired) electrons. The van der Waals surface area contributed by atoms with Crippen molar-refractivity contribution < 1.29 is 9.53 Å². The number of halogens is 1. The Labute approximate surface area is 145 Å². The number of hydrogen-bond acceptors (Lipinski definition) is 3. The van der Waals surface area contributed by atoms with Crippen molar-refractivity contribution in [2.45, 2.75) is 32.6 Å². The highest BCUT2D eigenvalue weighted by atomic mass is 127. The zero-order valence-electron chi connectivity index (χ0n) is 13.4. The summed E-state index contributed by atoms with van der Waals surface area (Å²) in [6.45, 7) is 3.03. The number of rotatable bonds is 7. The molecule has 2 rings (SSSR count). The highest BCUT2D eigenvalue weighted by Crippen LogP contribution is 2.32. The molecule has 0 amide bonds. The van der Waals surface area contributed by atoms with Crippen LogP contribution in [0.5, 0.6) is 5.75 Å². The third kappa shape index (κ3) is 4.23. The van der Waals surface area contributed by atoms with Gasteiger partial charge in [0, 0.05) is 18.4 Å². The standard InChI is InChI=1S/C17H23IN2O2/c1-4-5-9-15(21)22-14-8-6-7-13-16(14)12(17(18)19-13)10-11-20(2)3/h6-8,19H,4-5,9-11H2,1-3H3. The van der Waals surface area contributed by atoms with Crippen LogP contribution in [0, 0.1) is 3.70 Å². The van der Waals surface area contributed by atoms with Crippen molar-refractivity contribution >= 4 is 39.5 Å². The third-order valence-corrected chi connectivity index (χ3v) is 4.53. The molecule has 1 aromatic heterocycles. The van der Waals surface area contributed by atoms with E-state index < -0.39 is 0 Å². The van der Waals surface area contributed by atoms with E-state index in [9.17, 15) is 4.79 Å². The fourth-order valence-electron chi connectivity index (χ4n) is 2.40. The lowest BCUT2D eigenvalue weighted by Gasteiger charge is -2.11. The number of carbonyl (C=O) groups is 1. The predicted octanol–water partition coefficient (Wildman–Crippen LogP) is 3.97. The SMILES string of the molecule is CCCCC(=O)Oc1cccc2[nH]c(I)c(CCN(C)C)c12. The summed E-state index contributed by atoms with van der Waals surface area (Å²) in [4.78, 5) is 17.5. The molecule has 0 bridgehead atoms. The van der Waals surface area contributed by atoms with Crippen LogP contribution in [0.4, 0.5) is 0 Å². The lowest BCUT2D eigenvalue weighted by atomic mass is 10.1. The number of H-pyrrole nitrogens is 1. The minimum atomic E-state index is -0.149. The van der Waals surface area contributed by atoms with E-state index in [2.05, 4.69) is 53.5 Å². The fraction of sp³-hybridized carbons (Fsp3) is 0.471. The first-order valence-corrected chi connectivity index (χ1v) is 8.75. The largest absolute Gasteiger partial charge is 0.426 e. The monoisotopic (exact) mass is 414 g/mol. The van der Waals surface area contributed by atoms with E-state index in [1.807, 2.05) is 18.2 Å². The van der Waals surface area contributed by atoms with Crippen LogP contribution in [-0.2, 0) is 11.2 Å².